The molecule has 19 heavy (non-hydrogen) atoms. The minimum atomic E-state index is 0.0402. The van der Waals surface area contributed by atoms with Gasteiger partial charge in [-0.15, -0.1) is 11.3 Å². The molecular formula is C13H20N4OS+2. The molecule has 1 aliphatic heterocycles. The molecule has 0 atom stereocenters. The molecule has 0 spiro atoms. The second-order valence-electron chi connectivity index (χ2n) is 5.17. The van der Waals surface area contributed by atoms with Crippen LogP contribution in [0.4, 0.5) is 0 Å². The zero-order chi connectivity index (χ0) is 13.2. The molecule has 0 unspecified atom stereocenters. The van der Waals surface area contributed by atoms with Crippen molar-refractivity contribution < 1.29 is 9.80 Å². The third kappa shape index (κ3) is 2.70. The standard InChI is InChI=1S/C13H18N4OS/c1-2-15-3-5-16(6-4-15)10-11-9-12(18)17-7-8-19-13(17)14-11/h7-9H,2-6,10H2,1H3/p+2. The molecule has 0 aliphatic carbocycles. The first-order valence-electron chi connectivity index (χ1n) is 6.89. The van der Waals surface area contributed by atoms with Gasteiger partial charge in [0, 0.05) is 17.6 Å². The Hall–Kier alpha value is -1.24. The average molecular weight is 280 g/mol. The minimum absolute atomic E-state index is 0.0402. The van der Waals surface area contributed by atoms with Crippen LogP contribution >= 0.6 is 11.3 Å². The van der Waals surface area contributed by atoms with Crippen LogP contribution in [0.2, 0.25) is 0 Å². The molecule has 2 N–H and O–H groups in total. The van der Waals surface area contributed by atoms with Crippen LogP contribution in [0.1, 0.15) is 12.6 Å². The predicted octanol–water partition coefficient (Wildman–Crippen LogP) is -1.94. The van der Waals surface area contributed by atoms with Crippen molar-refractivity contribution in [2.75, 3.05) is 32.7 Å². The van der Waals surface area contributed by atoms with Gasteiger partial charge >= 0.3 is 0 Å². The fourth-order valence-electron chi connectivity index (χ4n) is 2.72. The summed E-state index contributed by atoms with van der Waals surface area (Å²) >= 11 is 1.52. The van der Waals surface area contributed by atoms with Gasteiger partial charge in [0.25, 0.3) is 5.56 Å². The molecule has 102 valence electrons. The highest BCUT2D eigenvalue weighted by atomic mass is 32.1. The summed E-state index contributed by atoms with van der Waals surface area (Å²) in [5.74, 6) is 0. The van der Waals surface area contributed by atoms with Gasteiger partial charge < -0.3 is 9.80 Å². The summed E-state index contributed by atoms with van der Waals surface area (Å²) in [4.78, 5) is 20.5. The van der Waals surface area contributed by atoms with Gasteiger partial charge in [-0.2, -0.15) is 0 Å². The van der Waals surface area contributed by atoms with Crippen LogP contribution in [0.3, 0.4) is 0 Å². The average Bonchev–Trinajstić information content (AvgIpc) is 2.88. The number of thiazole rings is 1. The lowest BCUT2D eigenvalue weighted by Crippen LogP contribution is -3.27. The molecule has 0 saturated carbocycles. The number of nitrogens with zero attached hydrogens (tertiary/aromatic N) is 2. The number of piperazine rings is 1. The summed E-state index contributed by atoms with van der Waals surface area (Å²) in [6.45, 7) is 9.14. The molecule has 1 saturated heterocycles. The van der Waals surface area contributed by atoms with E-state index in [2.05, 4.69) is 11.9 Å². The van der Waals surface area contributed by atoms with E-state index in [0.717, 1.165) is 17.2 Å². The van der Waals surface area contributed by atoms with E-state index in [9.17, 15) is 4.79 Å². The quantitative estimate of drug-likeness (QED) is 0.687. The van der Waals surface area contributed by atoms with Crippen molar-refractivity contribution in [3.05, 3.63) is 33.7 Å². The number of hydrogen-bond donors (Lipinski definition) is 2. The second-order valence-corrected chi connectivity index (χ2v) is 6.04. The summed E-state index contributed by atoms with van der Waals surface area (Å²) < 4.78 is 1.61. The van der Waals surface area contributed by atoms with Crippen molar-refractivity contribution in [2.24, 2.45) is 0 Å². The lowest BCUT2D eigenvalue weighted by atomic mass is 10.3. The number of nitrogens with one attached hydrogen (secondary N) is 2. The molecule has 0 amide bonds. The highest BCUT2D eigenvalue weighted by Gasteiger charge is 2.22. The van der Waals surface area contributed by atoms with E-state index in [4.69, 9.17) is 0 Å². The van der Waals surface area contributed by atoms with Crippen LogP contribution in [0.5, 0.6) is 0 Å². The van der Waals surface area contributed by atoms with Crippen molar-refractivity contribution >= 4 is 16.3 Å². The van der Waals surface area contributed by atoms with E-state index in [-0.39, 0.29) is 5.56 Å². The maximum atomic E-state index is 11.9. The number of likely N-dealkylation sites (N-methyl/N-ethyl adjacent to an activating group) is 1. The zero-order valence-corrected chi connectivity index (χ0v) is 12.0. The van der Waals surface area contributed by atoms with Crippen molar-refractivity contribution in [3.8, 4) is 0 Å². The molecule has 5 nitrogen and oxygen atoms in total. The Kier molecular flexibility index (Phi) is 3.63. The first kappa shape index (κ1) is 12.8. The summed E-state index contributed by atoms with van der Waals surface area (Å²) in [7, 11) is 0. The van der Waals surface area contributed by atoms with Gasteiger partial charge in [0.05, 0.1) is 6.54 Å². The highest BCUT2D eigenvalue weighted by Crippen LogP contribution is 2.05. The SMILES string of the molecule is CC[NH+]1CC[NH+](Cc2cc(=O)n3ccsc3n2)CC1. The van der Waals surface area contributed by atoms with E-state index >= 15 is 0 Å². The summed E-state index contributed by atoms with van der Waals surface area (Å²) in [6, 6.07) is 1.69. The van der Waals surface area contributed by atoms with Crippen LogP contribution in [0.15, 0.2) is 22.4 Å². The number of hydrogen-bond acceptors (Lipinski definition) is 3. The number of quaternary nitrogens is 2. The van der Waals surface area contributed by atoms with Crippen molar-refractivity contribution in [1.29, 1.82) is 0 Å². The van der Waals surface area contributed by atoms with Crippen molar-refractivity contribution in [1.82, 2.24) is 9.38 Å². The Bertz CT molecular complexity index is 612. The maximum absolute atomic E-state index is 11.9. The minimum Gasteiger partial charge on any atom is -0.326 e. The van der Waals surface area contributed by atoms with Gasteiger partial charge in [0.2, 0.25) is 0 Å². The molecule has 1 fully saturated rings. The number of rotatable bonds is 3. The monoisotopic (exact) mass is 280 g/mol. The van der Waals surface area contributed by atoms with Gasteiger partial charge in [-0.1, -0.05) is 0 Å². The second kappa shape index (κ2) is 5.40. The Morgan fingerprint density at radius 2 is 2.05 bits per heavy atom. The van der Waals surface area contributed by atoms with Crippen LogP contribution in [0, 0.1) is 0 Å². The molecule has 0 bridgehead atoms. The highest BCUT2D eigenvalue weighted by molar-refractivity contribution is 7.15. The normalized spacial score (nSPS) is 23.8. The van der Waals surface area contributed by atoms with Gasteiger partial charge in [0.1, 0.15) is 38.4 Å². The molecule has 0 radical (unpaired) electrons. The molecule has 2 aromatic heterocycles. The van der Waals surface area contributed by atoms with Gasteiger partial charge in [-0.05, 0) is 6.92 Å². The summed E-state index contributed by atoms with van der Waals surface area (Å²) in [6.07, 6.45) is 1.79. The van der Waals surface area contributed by atoms with Crippen molar-refractivity contribution in [2.45, 2.75) is 13.5 Å². The first-order chi connectivity index (χ1) is 9.26. The summed E-state index contributed by atoms with van der Waals surface area (Å²) in [5, 5.41) is 1.91. The van der Waals surface area contributed by atoms with E-state index in [1.54, 1.807) is 26.5 Å². The summed E-state index contributed by atoms with van der Waals surface area (Å²) in [5.41, 5.74) is 0.973. The largest absolute Gasteiger partial charge is 0.326 e. The van der Waals surface area contributed by atoms with Crippen LogP contribution in [0.25, 0.3) is 4.96 Å². The van der Waals surface area contributed by atoms with Gasteiger partial charge in [-0.25, -0.2) is 4.98 Å². The van der Waals surface area contributed by atoms with E-state index in [1.807, 2.05) is 5.38 Å². The molecule has 2 aromatic rings. The molecule has 6 heteroatoms. The number of aromatic nitrogens is 2. The maximum Gasteiger partial charge on any atom is 0.258 e. The fraction of sp³-hybridized carbons (Fsp3) is 0.538. The molecule has 3 heterocycles. The molecule has 1 aliphatic rings. The van der Waals surface area contributed by atoms with Gasteiger partial charge in [-0.3, -0.25) is 9.20 Å². The van der Waals surface area contributed by atoms with Crippen molar-refractivity contribution in [3.63, 3.8) is 0 Å². The molecule has 0 aromatic carbocycles. The Morgan fingerprint density at radius 3 is 2.79 bits per heavy atom. The van der Waals surface area contributed by atoms with Crippen LogP contribution in [-0.2, 0) is 6.54 Å². The van der Waals surface area contributed by atoms with E-state index in [0.29, 0.717) is 0 Å². The van der Waals surface area contributed by atoms with Crippen LogP contribution in [-0.4, -0.2) is 42.1 Å². The van der Waals surface area contributed by atoms with Crippen LogP contribution < -0.4 is 15.4 Å². The Balaban J connectivity index is 1.73. The molecular weight excluding hydrogens is 260 g/mol. The topological polar surface area (TPSA) is 43.2 Å². The predicted molar refractivity (Wildman–Crippen MR) is 75.0 cm³/mol. The zero-order valence-electron chi connectivity index (χ0n) is 11.2. The van der Waals surface area contributed by atoms with E-state index in [1.165, 1.54) is 44.1 Å². The lowest BCUT2D eigenvalue weighted by Gasteiger charge is -2.28. The Morgan fingerprint density at radius 1 is 1.32 bits per heavy atom. The Labute approximate surface area is 116 Å². The van der Waals surface area contributed by atoms with Gasteiger partial charge in [0.15, 0.2) is 4.96 Å². The fourth-order valence-corrected chi connectivity index (χ4v) is 3.46. The molecule has 3 rings (SSSR count). The number of fused-ring (bicyclic) bond motifs is 1. The lowest BCUT2D eigenvalue weighted by molar-refractivity contribution is -1.02. The third-order valence-corrected chi connectivity index (χ3v) is 4.71. The smallest absolute Gasteiger partial charge is 0.258 e. The third-order valence-electron chi connectivity index (χ3n) is 3.95. The first-order valence-corrected chi connectivity index (χ1v) is 7.77. The van der Waals surface area contributed by atoms with E-state index < -0.39 is 0 Å².